The van der Waals surface area contributed by atoms with Gasteiger partial charge < -0.3 is 9.84 Å². The molecule has 1 aliphatic rings. The van der Waals surface area contributed by atoms with Crippen LogP contribution in [0.1, 0.15) is 17.7 Å². The number of rotatable bonds is 3. The molecule has 0 bridgehead atoms. The molecule has 23 heavy (non-hydrogen) atoms. The van der Waals surface area contributed by atoms with E-state index in [4.69, 9.17) is 16.3 Å². The molecule has 1 aliphatic heterocycles. The SMILES string of the molecule is C[C@@H](O)[C@@H]1COc2c(F)ccc(F)c2[C@H]1Sc1ccc(Cl)cc1. The fourth-order valence-corrected chi connectivity index (χ4v) is 4.17. The second-order valence-corrected chi connectivity index (χ2v) is 7.13. The lowest BCUT2D eigenvalue weighted by molar-refractivity contribution is 0.0732. The molecule has 0 amide bonds. The zero-order chi connectivity index (χ0) is 16.6. The Morgan fingerprint density at radius 3 is 2.48 bits per heavy atom. The summed E-state index contributed by atoms with van der Waals surface area (Å²) in [6.07, 6.45) is -0.712. The molecule has 6 heteroatoms. The number of fused-ring (bicyclic) bond motifs is 1. The van der Waals surface area contributed by atoms with Crippen LogP contribution >= 0.6 is 23.4 Å². The Labute approximate surface area is 142 Å². The van der Waals surface area contributed by atoms with Crippen molar-refractivity contribution >= 4 is 23.4 Å². The molecule has 2 aromatic rings. The lowest BCUT2D eigenvalue weighted by atomic mass is 9.91. The summed E-state index contributed by atoms with van der Waals surface area (Å²) in [7, 11) is 0. The molecule has 0 fully saturated rings. The van der Waals surface area contributed by atoms with Crippen molar-refractivity contribution in [1.82, 2.24) is 0 Å². The van der Waals surface area contributed by atoms with Crippen LogP contribution in [0.2, 0.25) is 5.02 Å². The van der Waals surface area contributed by atoms with E-state index in [-0.39, 0.29) is 23.8 Å². The van der Waals surface area contributed by atoms with Gasteiger partial charge in [-0.1, -0.05) is 11.6 Å². The Morgan fingerprint density at radius 2 is 1.83 bits per heavy atom. The summed E-state index contributed by atoms with van der Waals surface area (Å²) in [6.45, 7) is 1.77. The van der Waals surface area contributed by atoms with Crippen LogP contribution in [0.15, 0.2) is 41.3 Å². The molecule has 3 atom stereocenters. The highest BCUT2D eigenvalue weighted by Crippen LogP contribution is 2.50. The minimum atomic E-state index is -0.712. The molecule has 0 saturated carbocycles. The highest BCUT2D eigenvalue weighted by molar-refractivity contribution is 7.99. The van der Waals surface area contributed by atoms with Gasteiger partial charge in [0, 0.05) is 26.6 Å². The number of ether oxygens (including phenoxy) is 1. The monoisotopic (exact) mass is 356 g/mol. The number of benzene rings is 2. The van der Waals surface area contributed by atoms with E-state index in [1.165, 1.54) is 11.8 Å². The predicted molar refractivity (Wildman–Crippen MR) is 87.1 cm³/mol. The lowest BCUT2D eigenvalue weighted by Crippen LogP contribution is -2.33. The Balaban J connectivity index is 2.03. The molecule has 0 saturated heterocycles. The Kier molecular flexibility index (Phi) is 4.80. The van der Waals surface area contributed by atoms with E-state index >= 15 is 0 Å². The van der Waals surface area contributed by atoms with Crippen molar-refractivity contribution in [2.45, 2.75) is 23.2 Å². The largest absolute Gasteiger partial charge is 0.490 e. The van der Waals surface area contributed by atoms with Gasteiger partial charge in [0.1, 0.15) is 5.82 Å². The van der Waals surface area contributed by atoms with E-state index in [1.54, 1.807) is 19.1 Å². The number of hydrogen-bond donors (Lipinski definition) is 1. The molecule has 122 valence electrons. The summed E-state index contributed by atoms with van der Waals surface area (Å²) >= 11 is 7.25. The van der Waals surface area contributed by atoms with E-state index < -0.39 is 23.0 Å². The van der Waals surface area contributed by atoms with Crippen molar-refractivity contribution in [1.29, 1.82) is 0 Å². The third-order valence-corrected chi connectivity index (χ3v) is 5.52. The van der Waals surface area contributed by atoms with Crippen LogP contribution in [0.25, 0.3) is 0 Å². The van der Waals surface area contributed by atoms with Gasteiger partial charge in [-0.15, -0.1) is 11.8 Å². The normalized spacial score (nSPS) is 21.4. The number of aliphatic hydroxyl groups is 1. The second kappa shape index (κ2) is 6.67. The van der Waals surface area contributed by atoms with Gasteiger partial charge in [-0.2, -0.15) is 0 Å². The van der Waals surface area contributed by atoms with Crippen molar-refractivity contribution in [3.8, 4) is 5.75 Å². The van der Waals surface area contributed by atoms with Gasteiger partial charge in [-0.05, 0) is 43.3 Å². The first-order chi connectivity index (χ1) is 11.0. The summed E-state index contributed by atoms with van der Waals surface area (Å²) in [5.74, 6) is -1.53. The molecule has 0 aliphatic carbocycles. The van der Waals surface area contributed by atoms with Crippen LogP contribution in [0, 0.1) is 17.6 Å². The topological polar surface area (TPSA) is 29.5 Å². The molecule has 1 heterocycles. The molecule has 0 aromatic heterocycles. The maximum atomic E-state index is 14.3. The lowest BCUT2D eigenvalue weighted by Gasteiger charge is -2.35. The van der Waals surface area contributed by atoms with Crippen LogP contribution in [0.5, 0.6) is 5.75 Å². The van der Waals surface area contributed by atoms with E-state index in [9.17, 15) is 13.9 Å². The van der Waals surface area contributed by atoms with Gasteiger partial charge in [-0.3, -0.25) is 0 Å². The Hall–Kier alpha value is -1.30. The van der Waals surface area contributed by atoms with Crippen LogP contribution in [-0.2, 0) is 0 Å². The third kappa shape index (κ3) is 3.32. The van der Waals surface area contributed by atoms with Crippen molar-refractivity contribution in [2.24, 2.45) is 5.92 Å². The van der Waals surface area contributed by atoms with Gasteiger partial charge in [-0.25, -0.2) is 8.78 Å². The first-order valence-electron chi connectivity index (χ1n) is 7.18. The molecule has 2 nitrogen and oxygen atoms in total. The average Bonchev–Trinajstić information content (AvgIpc) is 2.53. The van der Waals surface area contributed by atoms with Crippen LogP contribution in [0.3, 0.4) is 0 Å². The Bertz CT molecular complexity index is 706. The van der Waals surface area contributed by atoms with Crippen molar-refractivity contribution in [3.63, 3.8) is 0 Å². The minimum absolute atomic E-state index is 0.0617. The van der Waals surface area contributed by atoms with E-state index in [0.717, 1.165) is 17.0 Å². The fraction of sp³-hybridized carbons (Fsp3) is 0.294. The zero-order valence-electron chi connectivity index (χ0n) is 12.3. The Morgan fingerprint density at radius 1 is 1.17 bits per heavy atom. The molecule has 0 unspecified atom stereocenters. The third-order valence-electron chi connectivity index (χ3n) is 3.88. The van der Waals surface area contributed by atoms with E-state index in [0.29, 0.717) is 5.02 Å². The van der Waals surface area contributed by atoms with Crippen molar-refractivity contribution in [2.75, 3.05) is 6.61 Å². The summed E-state index contributed by atoms with van der Waals surface area (Å²) in [6, 6.07) is 9.27. The van der Waals surface area contributed by atoms with Crippen molar-refractivity contribution in [3.05, 3.63) is 58.6 Å². The first-order valence-corrected chi connectivity index (χ1v) is 8.44. The number of thioether (sulfide) groups is 1. The van der Waals surface area contributed by atoms with Crippen LogP contribution < -0.4 is 4.74 Å². The maximum absolute atomic E-state index is 14.3. The summed E-state index contributed by atoms with van der Waals surface area (Å²) < 4.78 is 33.7. The minimum Gasteiger partial charge on any atom is -0.490 e. The van der Waals surface area contributed by atoms with E-state index in [2.05, 4.69) is 0 Å². The van der Waals surface area contributed by atoms with Gasteiger partial charge in [0.05, 0.1) is 12.7 Å². The summed E-state index contributed by atoms with van der Waals surface area (Å²) in [5.41, 5.74) is 0.169. The molecular formula is C17H15ClF2O2S. The molecular weight excluding hydrogens is 342 g/mol. The van der Waals surface area contributed by atoms with Gasteiger partial charge in [0.2, 0.25) is 0 Å². The fourth-order valence-electron chi connectivity index (χ4n) is 2.64. The van der Waals surface area contributed by atoms with Crippen molar-refractivity contribution < 1.29 is 18.6 Å². The van der Waals surface area contributed by atoms with Crippen LogP contribution in [0.4, 0.5) is 8.78 Å². The number of hydrogen-bond acceptors (Lipinski definition) is 3. The van der Waals surface area contributed by atoms with Gasteiger partial charge in [0.25, 0.3) is 0 Å². The predicted octanol–water partition coefficient (Wildman–Crippen LogP) is 4.84. The molecule has 1 N–H and O–H groups in total. The summed E-state index contributed by atoms with van der Waals surface area (Å²) in [4.78, 5) is 0.863. The van der Waals surface area contributed by atoms with Gasteiger partial charge >= 0.3 is 0 Å². The van der Waals surface area contributed by atoms with E-state index in [1.807, 2.05) is 12.1 Å². The molecule has 0 spiro atoms. The molecule has 0 radical (unpaired) electrons. The summed E-state index contributed by atoms with van der Waals surface area (Å²) in [5, 5.41) is 10.2. The highest BCUT2D eigenvalue weighted by atomic mass is 35.5. The number of halogens is 3. The van der Waals surface area contributed by atoms with Crippen LogP contribution in [-0.4, -0.2) is 17.8 Å². The highest BCUT2D eigenvalue weighted by Gasteiger charge is 2.38. The smallest absolute Gasteiger partial charge is 0.165 e. The zero-order valence-corrected chi connectivity index (χ0v) is 13.9. The van der Waals surface area contributed by atoms with Gasteiger partial charge in [0.15, 0.2) is 11.6 Å². The quantitative estimate of drug-likeness (QED) is 0.853. The number of aliphatic hydroxyl groups excluding tert-OH is 1. The first kappa shape index (κ1) is 16.6. The average molecular weight is 357 g/mol. The molecule has 2 aromatic carbocycles. The molecule has 3 rings (SSSR count). The maximum Gasteiger partial charge on any atom is 0.165 e. The standard InChI is InChI=1S/C17H15ClF2O2S/c1-9(21)12-8-22-16-14(20)7-6-13(19)15(16)17(12)23-11-4-2-10(18)3-5-11/h2-7,9,12,17,21H,8H2,1H3/t9-,12+,17+/m1/s1. The second-order valence-electron chi connectivity index (χ2n) is 5.48.